The summed E-state index contributed by atoms with van der Waals surface area (Å²) in [6.07, 6.45) is -0.0487. The molecule has 3 rings (SSSR count). The Kier molecular flexibility index (Phi) is 4.23. The van der Waals surface area contributed by atoms with Crippen LogP contribution in [0, 0.1) is 0 Å². The van der Waals surface area contributed by atoms with Crippen LogP contribution in [0.2, 0.25) is 5.02 Å². The quantitative estimate of drug-likeness (QED) is 0.839. The normalized spacial score (nSPS) is 12.6. The first-order valence-electron chi connectivity index (χ1n) is 5.99. The Labute approximate surface area is 133 Å². The number of hydrogen-bond acceptors (Lipinski definition) is 6. The molecular weight excluding hydrogens is 334 g/mol. The molecule has 2 aromatic rings. The van der Waals surface area contributed by atoms with Crippen LogP contribution in [-0.2, 0) is 17.0 Å². The van der Waals surface area contributed by atoms with Crippen LogP contribution in [-0.4, -0.2) is 22.9 Å². The van der Waals surface area contributed by atoms with E-state index in [1.165, 1.54) is 23.1 Å². The Morgan fingerprint density at radius 3 is 3.14 bits per heavy atom. The zero-order valence-electron chi connectivity index (χ0n) is 10.7. The summed E-state index contributed by atoms with van der Waals surface area (Å²) in [5.41, 5.74) is 1.59. The van der Waals surface area contributed by atoms with Crippen LogP contribution in [0.4, 0.5) is 0 Å². The van der Waals surface area contributed by atoms with Crippen molar-refractivity contribution in [2.75, 3.05) is 6.79 Å². The van der Waals surface area contributed by atoms with E-state index in [-0.39, 0.29) is 13.2 Å². The van der Waals surface area contributed by atoms with Crippen LogP contribution in [0.1, 0.15) is 11.3 Å². The van der Waals surface area contributed by atoms with Crippen LogP contribution >= 0.6 is 34.7 Å². The lowest BCUT2D eigenvalue weighted by atomic mass is 10.2. The largest absolute Gasteiger partial charge is 0.481 e. The van der Waals surface area contributed by atoms with Gasteiger partial charge in [-0.15, -0.1) is 11.3 Å². The zero-order chi connectivity index (χ0) is 14.8. The number of carboxylic acid groups (broad SMARTS) is 1. The van der Waals surface area contributed by atoms with Gasteiger partial charge in [-0.3, -0.25) is 4.79 Å². The number of carbonyl (C=O) groups is 1. The van der Waals surface area contributed by atoms with Crippen molar-refractivity contribution in [3.8, 4) is 11.5 Å². The van der Waals surface area contributed by atoms with Gasteiger partial charge in [-0.2, -0.15) is 0 Å². The summed E-state index contributed by atoms with van der Waals surface area (Å²) in [7, 11) is 0. The summed E-state index contributed by atoms with van der Waals surface area (Å²) in [6.45, 7) is 0.191. The number of aliphatic carboxylic acids is 1. The number of benzene rings is 1. The summed E-state index contributed by atoms with van der Waals surface area (Å²) < 4.78 is 11.4. The number of nitrogens with zero attached hydrogens (tertiary/aromatic N) is 1. The van der Waals surface area contributed by atoms with Crippen molar-refractivity contribution in [3.63, 3.8) is 0 Å². The van der Waals surface area contributed by atoms with E-state index >= 15 is 0 Å². The molecule has 2 heterocycles. The minimum absolute atomic E-state index is 0.0487. The fraction of sp³-hybridized carbons (Fsp3) is 0.231. The van der Waals surface area contributed by atoms with Crippen LogP contribution in [0.15, 0.2) is 21.9 Å². The molecule has 8 heteroatoms. The molecule has 0 spiro atoms. The van der Waals surface area contributed by atoms with Gasteiger partial charge in [-0.25, -0.2) is 4.98 Å². The topological polar surface area (TPSA) is 68.7 Å². The van der Waals surface area contributed by atoms with Crippen molar-refractivity contribution in [2.24, 2.45) is 0 Å². The third kappa shape index (κ3) is 3.42. The molecule has 0 saturated carbocycles. The Hall–Kier alpha value is -1.44. The highest BCUT2D eigenvalue weighted by atomic mass is 35.5. The minimum atomic E-state index is -0.876. The number of carboxylic acids is 1. The maximum absolute atomic E-state index is 10.6. The van der Waals surface area contributed by atoms with Gasteiger partial charge in [0.1, 0.15) is 4.34 Å². The van der Waals surface area contributed by atoms with Gasteiger partial charge in [-0.05, 0) is 17.7 Å². The highest BCUT2D eigenvalue weighted by Gasteiger charge is 2.18. The smallest absolute Gasteiger partial charge is 0.309 e. The number of thiazole rings is 1. The summed E-state index contributed by atoms with van der Waals surface area (Å²) in [6, 6.07) is 3.74. The van der Waals surface area contributed by atoms with Crippen LogP contribution in [0.5, 0.6) is 11.5 Å². The molecule has 0 aliphatic carbocycles. The third-order valence-electron chi connectivity index (χ3n) is 2.71. The van der Waals surface area contributed by atoms with E-state index < -0.39 is 5.97 Å². The molecule has 0 fully saturated rings. The predicted octanol–water partition coefficient (Wildman–Crippen LogP) is 3.44. The van der Waals surface area contributed by atoms with Gasteiger partial charge >= 0.3 is 5.97 Å². The zero-order valence-corrected chi connectivity index (χ0v) is 13.1. The molecule has 0 atom stereocenters. The molecule has 21 heavy (non-hydrogen) atoms. The average molecular weight is 344 g/mol. The minimum Gasteiger partial charge on any atom is -0.481 e. The molecule has 0 amide bonds. The second-order valence-corrected chi connectivity index (χ2v) is 6.76. The van der Waals surface area contributed by atoms with E-state index in [9.17, 15) is 4.79 Å². The van der Waals surface area contributed by atoms with Crippen molar-refractivity contribution in [1.82, 2.24) is 4.98 Å². The molecule has 1 aromatic carbocycles. The molecule has 1 aliphatic heterocycles. The summed E-state index contributed by atoms with van der Waals surface area (Å²) in [5, 5.41) is 11.0. The van der Waals surface area contributed by atoms with Gasteiger partial charge in [0.15, 0.2) is 11.5 Å². The first-order valence-corrected chi connectivity index (χ1v) is 8.23. The van der Waals surface area contributed by atoms with Gasteiger partial charge in [0, 0.05) is 11.1 Å². The molecule has 0 bridgehead atoms. The Morgan fingerprint density at radius 2 is 2.33 bits per heavy atom. The molecule has 0 saturated heterocycles. The SMILES string of the molecule is O=C(O)Cc1csc(SCc2cc(Cl)c3c(c2)OCO3)n1. The molecule has 1 N–H and O–H groups in total. The fourth-order valence-corrected chi connectivity index (χ4v) is 3.90. The van der Waals surface area contributed by atoms with Gasteiger partial charge < -0.3 is 14.6 Å². The Bertz CT molecular complexity index is 689. The number of aromatic nitrogens is 1. The van der Waals surface area contributed by atoms with E-state index in [1.54, 1.807) is 5.38 Å². The maximum Gasteiger partial charge on any atom is 0.309 e. The molecule has 5 nitrogen and oxygen atoms in total. The Morgan fingerprint density at radius 1 is 1.48 bits per heavy atom. The summed E-state index contributed by atoms with van der Waals surface area (Å²) >= 11 is 9.10. The molecule has 1 aromatic heterocycles. The predicted molar refractivity (Wildman–Crippen MR) is 80.6 cm³/mol. The highest BCUT2D eigenvalue weighted by molar-refractivity contribution is 8.00. The number of rotatable bonds is 5. The van der Waals surface area contributed by atoms with Crippen molar-refractivity contribution in [1.29, 1.82) is 0 Å². The molecule has 1 aliphatic rings. The van der Waals surface area contributed by atoms with Gasteiger partial charge in [0.05, 0.1) is 17.1 Å². The first kappa shape index (κ1) is 14.5. The number of thioether (sulfide) groups is 1. The standard InChI is InChI=1S/C13H10ClNO4S2/c14-9-1-7(2-10-12(9)19-6-18-10)4-20-13-15-8(5-21-13)3-11(16)17/h1-2,5H,3-4,6H2,(H,16,17). The summed E-state index contributed by atoms with van der Waals surface area (Å²) in [4.78, 5) is 14.9. The third-order valence-corrected chi connectivity index (χ3v) is 5.13. The van der Waals surface area contributed by atoms with E-state index in [0.717, 1.165) is 9.90 Å². The maximum atomic E-state index is 10.6. The highest BCUT2D eigenvalue weighted by Crippen LogP contribution is 2.41. The van der Waals surface area contributed by atoms with Gasteiger partial charge in [-0.1, -0.05) is 23.4 Å². The number of ether oxygens (including phenoxy) is 2. The number of fused-ring (bicyclic) bond motifs is 1. The van der Waals surface area contributed by atoms with Crippen molar-refractivity contribution >= 4 is 40.7 Å². The molecule has 110 valence electrons. The van der Waals surface area contributed by atoms with E-state index in [1.807, 2.05) is 12.1 Å². The van der Waals surface area contributed by atoms with Crippen LogP contribution < -0.4 is 9.47 Å². The van der Waals surface area contributed by atoms with Gasteiger partial charge in [0.25, 0.3) is 0 Å². The molecule has 0 unspecified atom stereocenters. The average Bonchev–Trinajstić information content (AvgIpc) is 3.04. The second-order valence-electron chi connectivity index (χ2n) is 4.28. The lowest BCUT2D eigenvalue weighted by molar-refractivity contribution is -0.136. The summed E-state index contributed by atoms with van der Waals surface area (Å²) in [5.74, 6) is 1.04. The Balaban J connectivity index is 1.66. The molecular formula is C13H10ClNO4S2. The molecule has 0 radical (unpaired) electrons. The van der Waals surface area contributed by atoms with Gasteiger partial charge in [0.2, 0.25) is 6.79 Å². The van der Waals surface area contributed by atoms with Crippen LogP contribution in [0.3, 0.4) is 0 Å². The fourth-order valence-electron chi connectivity index (χ4n) is 1.84. The second kappa shape index (κ2) is 6.13. The first-order chi connectivity index (χ1) is 10.1. The number of halogens is 1. The van der Waals surface area contributed by atoms with E-state index in [4.69, 9.17) is 26.2 Å². The van der Waals surface area contributed by atoms with Crippen molar-refractivity contribution in [3.05, 3.63) is 33.8 Å². The van der Waals surface area contributed by atoms with E-state index in [0.29, 0.717) is 28.0 Å². The van der Waals surface area contributed by atoms with E-state index in [2.05, 4.69) is 4.98 Å². The monoisotopic (exact) mass is 343 g/mol. The van der Waals surface area contributed by atoms with Crippen molar-refractivity contribution < 1.29 is 19.4 Å². The lowest BCUT2D eigenvalue weighted by Crippen LogP contribution is -1.99. The van der Waals surface area contributed by atoms with Crippen LogP contribution in [0.25, 0.3) is 0 Å². The number of hydrogen-bond donors (Lipinski definition) is 1. The van der Waals surface area contributed by atoms with Crippen molar-refractivity contribution in [2.45, 2.75) is 16.5 Å². The lowest BCUT2D eigenvalue weighted by Gasteiger charge is -2.03.